The second-order valence-electron chi connectivity index (χ2n) is 13.2. The number of H-pyrrole nitrogens is 2. The van der Waals surface area contributed by atoms with E-state index >= 15 is 0 Å². The molecule has 0 radical (unpaired) electrons. The minimum absolute atomic E-state index is 0.241. The molecule has 5 heterocycles. The van der Waals surface area contributed by atoms with E-state index in [9.17, 15) is 25.9 Å². The molecule has 0 amide bonds. The van der Waals surface area contributed by atoms with E-state index in [1.807, 2.05) is 109 Å². The van der Waals surface area contributed by atoms with E-state index in [0.29, 0.717) is 44.7 Å². The van der Waals surface area contributed by atoms with Gasteiger partial charge in [0.15, 0.2) is 0 Å². The normalized spacial score (nSPS) is 12.6. The van der Waals surface area contributed by atoms with Crippen molar-refractivity contribution in [2.75, 3.05) is 0 Å². The lowest BCUT2D eigenvalue weighted by molar-refractivity contribution is 0.481. The number of hydrogen-bond acceptors (Lipinski definition) is 6. The predicted molar refractivity (Wildman–Crippen MR) is 220 cm³/mol. The summed E-state index contributed by atoms with van der Waals surface area (Å²) in [6.45, 7) is 0. The van der Waals surface area contributed by atoms with Gasteiger partial charge in [0.05, 0.1) is 32.6 Å². The molecule has 0 fully saturated rings. The van der Waals surface area contributed by atoms with Crippen LogP contribution in [0.4, 0.5) is 0 Å². The van der Waals surface area contributed by atoms with Crippen molar-refractivity contribution in [2.24, 2.45) is 0 Å². The van der Waals surface area contributed by atoms with Crippen molar-refractivity contribution in [2.45, 2.75) is 9.79 Å². The number of nitrogens with one attached hydrogen (secondary N) is 2. The van der Waals surface area contributed by atoms with Gasteiger partial charge in [0.1, 0.15) is 0 Å². The number of hydrogen-bond donors (Lipinski definition) is 4. The predicted octanol–water partition coefficient (Wildman–Crippen LogP) is 9.82. The molecule has 4 aromatic carbocycles. The summed E-state index contributed by atoms with van der Waals surface area (Å²) in [6.07, 6.45) is 7.73. The van der Waals surface area contributed by atoms with Crippen LogP contribution in [0.15, 0.2) is 143 Å². The lowest BCUT2D eigenvalue weighted by atomic mass is 10.0. The van der Waals surface area contributed by atoms with E-state index in [1.54, 1.807) is 24.3 Å². The molecule has 7 aromatic rings. The molecule has 274 valence electrons. The maximum absolute atomic E-state index is 12.0. The van der Waals surface area contributed by atoms with Crippen LogP contribution >= 0.6 is 0 Å². The standard InChI is InChI=1S/C44H30N4O6S2/c49-55(50,51)31-15-11-29(12-16-31)43-37-23-21-35(46-37)41(27-7-3-1-4-8-27)33-19-20-34(45-33)42(28-9-5-2-6-10-28)36-22-24-38(47-36)44(40-26-25-39(43)48-40)30-13-17-32(18-14-30)56(52,53)54/h1-26,46-47H,(H,49,50,51)(H,52,53,54). The molecule has 10 nitrogen and oxygen atoms in total. The molecular formula is C44H30N4O6S2. The minimum Gasteiger partial charge on any atom is -0.354 e. The minimum atomic E-state index is -4.44. The maximum Gasteiger partial charge on any atom is 0.294 e. The fraction of sp³-hybridized carbons (Fsp3) is 0. The third kappa shape index (κ3) is 6.46. The summed E-state index contributed by atoms with van der Waals surface area (Å²) in [7, 11) is -8.88. The average molecular weight is 775 g/mol. The smallest absolute Gasteiger partial charge is 0.294 e. The lowest BCUT2D eigenvalue weighted by Gasteiger charge is -2.07. The molecule has 0 saturated carbocycles. The number of benzene rings is 4. The second-order valence-corrected chi connectivity index (χ2v) is 16.1. The van der Waals surface area contributed by atoms with Gasteiger partial charge in [-0.3, -0.25) is 9.11 Å². The molecule has 0 aliphatic carbocycles. The first-order valence-corrected chi connectivity index (χ1v) is 20.3. The molecule has 8 bridgehead atoms. The summed E-state index contributed by atoms with van der Waals surface area (Å²) in [6, 6.07) is 39.7. The van der Waals surface area contributed by atoms with Crippen molar-refractivity contribution in [1.82, 2.24) is 19.9 Å². The van der Waals surface area contributed by atoms with Crippen LogP contribution in [0.2, 0.25) is 0 Å². The van der Waals surface area contributed by atoms with Crippen LogP contribution in [0.5, 0.6) is 0 Å². The van der Waals surface area contributed by atoms with Gasteiger partial charge in [-0.25, -0.2) is 9.97 Å². The van der Waals surface area contributed by atoms with Crippen molar-refractivity contribution in [3.05, 3.63) is 156 Å². The highest BCUT2D eigenvalue weighted by atomic mass is 32.2. The zero-order valence-corrected chi connectivity index (χ0v) is 30.9. The molecule has 12 heteroatoms. The average Bonchev–Trinajstić information content (AvgIpc) is 4.03. The van der Waals surface area contributed by atoms with Crippen LogP contribution < -0.4 is 0 Å². The van der Waals surface area contributed by atoms with Crippen LogP contribution in [0.3, 0.4) is 0 Å². The van der Waals surface area contributed by atoms with Crippen LogP contribution in [0.25, 0.3) is 90.9 Å². The Morgan fingerprint density at radius 1 is 0.357 bits per heavy atom. The van der Waals surface area contributed by atoms with Crippen molar-refractivity contribution < 1.29 is 25.9 Å². The zero-order chi connectivity index (χ0) is 38.6. The number of aromatic nitrogens is 4. The van der Waals surface area contributed by atoms with Gasteiger partial charge in [0, 0.05) is 44.3 Å². The summed E-state index contributed by atoms with van der Waals surface area (Å²) in [5.74, 6) is 0. The van der Waals surface area contributed by atoms with Gasteiger partial charge in [0.25, 0.3) is 20.2 Å². The largest absolute Gasteiger partial charge is 0.354 e. The van der Waals surface area contributed by atoms with Gasteiger partial charge in [0.2, 0.25) is 0 Å². The van der Waals surface area contributed by atoms with Crippen molar-refractivity contribution in [3.8, 4) is 44.5 Å². The van der Waals surface area contributed by atoms with Crippen molar-refractivity contribution in [3.63, 3.8) is 0 Å². The first-order chi connectivity index (χ1) is 27.0. The fourth-order valence-corrected chi connectivity index (χ4v) is 8.18. The van der Waals surface area contributed by atoms with E-state index in [1.165, 1.54) is 24.3 Å². The first kappa shape index (κ1) is 35.0. The van der Waals surface area contributed by atoms with Crippen molar-refractivity contribution >= 4 is 66.6 Å². The van der Waals surface area contributed by atoms with Crippen LogP contribution in [-0.4, -0.2) is 45.9 Å². The summed E-state index contributed by atoms with van der Waals surface area (Å²) < 4.78 is 67.4. The molecule has 2 aliphatic rings. The van der Waals surface area contributed by atoms with Crippen LogP contribution in [-0.2, 0) is 20.2 Å². The Morgan fingerprint density at radius 3 is 0.893 bits per heavy atom. The molecule has 2 aliphatic heterocycles. The van der Waals surface area contributed by atoms with E-state index < -0.39 is 20.2 Å². The van der Waals surface area contributed by atoms with Crippen LogP contribution in [0, 0.1) is 0 Å². The molecule has 9 rings (SSSR count). The Morgan fingerprint density at radius 2 is 0.625 bits per heavy atom. The monoisotopic (exact) mass is 774 g/mol. The molecule has 56 heavy (non-hydrogen) atoms. The Balaban J connectivity index is 1.44. The molecule has 0 unspecified atom stereocenters. The highest BCUT2D eigenvalue weighted by Gasteiger charge is 2.20. The first-order valence-electron chi connectivity index (χ1n) is 17.4. The van der Waals surface area contributed by atoms with Gasteiger partial charge in [-0.2, -0.15) is 16.8 Å². The summed E-state index contributed by atoms with van der Waals surface area (Å²) in [5, 5.41) is 0. The van der Waals surface area contributed by atoms with Gasteiger partial charge in [-0.05, 0) is 95.1 Å². The maximum atomic E-state index is 12.0. The summed E-state index contributed by atoms with van der Waals surface area (Å²) in [5.41, 5.74) is 11.8. The van der Waals surface area contributed by atoms with E-state index in [-0.39, 0.29) is 9.79 Å². The highest BCUT2D eigenvalue weighted by molar-refractivity contribution is 7.86. The summed E-state index contributed by atoms with van der Waals surface area (Å²) in [4.78, 5) is 17.2. The molecule has 0 spiro atoms. The molecule has 3 aromatic heterocycles. The zero-order valence-electron chi connectivity index (χ0n) is 29.2. The quantitative estimate of drug-likeness (QED) is 0.121. The lowest BCUT2D eigenvalue weighted by Crippen LogP contribution is -1.97. The number of nitrogens with zero attached hydrogens (tertiary/aromatic N) is 2. The van der Waals surface area contributed by atoms with Gasteiger partial charge >= 0.3 is 0 Å². The molecule has 0 atom stereocenters. The second kappa shape index (κ2) is 13.6. The fourth-order valence-electron chi connectivity index (χ4n) is 7.22. The van der Waals surface area contributed by atoms with Gasteiger partial charge in [-0.1, -0.05) is 84.9 Å². The van der Waals surface area contributed by atoms with Gasteiger partial charge < -0.3 is 9.97 Å². The van der Waals surface area contributed by atoms with Crippen LogP contribution in [0.1, 0.15) is 22.8 Å². The Bertz CT molecular complexity index is 2940. The van der Waals surface area contributed by atoms with Gasteiger partial charge in [-0.15, -0.1) is 0 Å². The number of aromatic amines is 2. The van der Waals surface area contributed by atoms with E-state index in [0.717, 1.165) is 44.7 Å². The number of rotatable bonds is 6. The molecule has 0 saturated heterocycles. The SMILES string of the molecule is O=S(=O)(O)c1ccc(-c2c3nc(c(-c4ccc(S(=O)(=O)O)cc4)c4ccc([nH]4)c(-c4ccccc4)c4nc(c(-c5ccccc5)c5ccc2[nH]5)C=C4)C=C3)cc1. The molecular weight excluding hydrogens is 745 g/mol. The summed E-state index contributed by atoms with van der Waals surface area (Å²) >= 11 is 0. The van der Waals surface area contributed by atoms with Crippen molar-refractivity contribution in [1.29, 1.82) is 0 Å². The third-order valence-corrected chi connectivity index (χ3v) is 11.5. The highest BCUT2D eigenvalue weighted by Crippen LogP contribution is 2.38. The Labute approximate surface area is 321 Å². The Hall–Kier alpha value is -6.70. The third-order valence-electron chi connectivity index (χ3n) is 9.76. The molecule has 4 N–H and O–H groups in total. The topological polar surface area (TPSA) is 166 Å². The van der Waals surface area contributed by atoms with E-state index in [4.69, 9.17) is 9.97 Å². The number of fused-ring (bicyclic) bond motifs is 8. The van der Waals surface area contributed by atoms with E-state index in [2.05, 4.69) is 9.97 Å². The Kier molecular flexibility index (Phi) is 8.48.